The fraction of sp³-hybridized carbons (Fsp3) is 1.00. The second-order valence-corrected chi connectivity index (χ2v) is 3.09. The first-order valence-electron chi connectivity index (χ1n) is 3.82. The van der Waals surface area contributed by atoms with Crippen molar-refractivity contribution in [3.63, 3.8) is 0 Å². The van der Waals surface area contributed by atoms with E-state index in [-0.39, 0.29) is 6.61 Å². The molecule has 0 aromatic heterocycles. The van der Waals surface area contributed by atoms with Crippen LogP contribution in [0.1, 0.15) is 27.7 Å². The van der Waals surface area contributed by atoms with E-state index in [1.54, 1.807) is 20.8 Å². The maximum absolute atomic E-state index is 8.52. The van der Waals surface area contributed by atoms with Gasteiger partial charge in [0.1, 0.15) is 0 Å². The van der Waals surface area contributed by atoms with Crippen molar-refractivity contribution in [3.8, 4) is 0 Å². The van der Waals surface area contributed by atoms with Crippen molar-refractivity contribution >= 4 is 0 Å². The van der Waals surface area contributed by atoms with Gasteiger partial charge >= 0.3 is 0 Å². The second kappa shape index (κ2) is 7.98. The summed E-state index contributed by atoms with van der Waals surface area (Å²) in [6, 6.07) is 0. The van der Waals surface area contributed by atoms with Crippen LogP contribution in [0.2, 0.25) is 0 Å². The van der Waals surface area contributed by atoms with E-state index in [0.717, 1.165) is 0 Å². The van der Waals surface area contributed by atoms with E-state index >= 15 is 0 Å². The zero-order valence-corrected chi connectivity index (χ0v) is 7.92. The molecule has 0 atom stereocenters. The van der Waals surface area contributed by atoms with E-state index in [1.165, 1.54) is 0 Å². The molecule has 0 aromatic carbocycles. The SMILES string of the molecule is CC(C)(C)O.CCOCCO. The summed E-state index contributed by atoms with van der Waals surface area (Å²) in [4.78, 5) is 0. The van der Waals surface area contributed by atoms with Crippen molar-refractivity contribution in [3.05, 3.63) is 0 Å². The number of aliphatic hydroxyl groups is 2. The van der Waals surface area contributed by atoms with Crippen molar-refractivity contribution in [2.45, 2.75) is 33.3 Å². The molecule has 0 saturated heterocycles. The van der Waals surface area contributed by atoms with Crippen LogP contribution in [-0.2, 0) is 4.74 Å². The topological polar surface area (TPSA) is 49.7 Å². The zero-order valence-electron chi connectivity index (χ0n) is 7.92. The molecule has 0 spiro atoms. The summed E-state index contributed by atoms with van der Waals surface area (Å²) in [6.07, 6.45) is 0. The molecule has 11 heavy (non-hydrogen) atoms. The minimum Gasteiger partial charge on any atom is -0.394 e. The normalized spacial score (nSPS) is 10.4. The maximum atomic E-state index is 8.52. The van der Waals surface area contributed by atoms with Gasteiger partial charge in [-0.15, -0.1) is 0 Å². The molecule has 2 N–H and O–H groups in total. The Balaban J connectivity index is 0. The minimum absolute atomic E-state index is 0.133. The smallest absolute Gasteiger partial charge is 0.0697 e. The van der Waals surface area contributed by atoms with Gasteiger partial charge in [0, 0.05) is 6.61 Å². The molecule has 0 rings (SSSR count). The molecule has 0 amide bonds. The highest BCUT2D eigenvalue weighted by molar-refractivity contribution is 4.50. The van der Waals surface area contributed by atoms with Gasteiger partial charge < -0.3 is 14.9 Å². The van der Waals surface area contributed by atoms with Gasteiger partial charge in [-0.25, -0.2) is 0 Å². The number of aliphatic hydroxyl groups excluding tert-OH is 1. The van der Waals surface area contributed by atoms with Crippen LogP contribution >= 0.6 is 0 Å². The molecule has 3 heteroatoms. The lowest BCUT2D eigenvalue weighted by Crippen LogP contribution is -2.10. The highest BCUT2D eigenvalue weighted by atomic mass is 16.5. The summed E-state index contributed by atoms with van der Waals surface area (Å²) in [5, 5.41) is 16.6. The summed E-state index contributed by atoms with van der Waals surface area (Å²) in [5.74, 6) is 0. The first-order valence-corrected chi connectivity index (χ1v) is 3.82. The molecular formula is C8H20O3. The van der Waals surface area contributed by atoms with Gasteiger partial charge in [-0.05, 0) is 27.7 Å². The maximum Gasteiger partial charge on any atom is 0.0697 e. The zero-order chi connectivity index (χ0) is 9.33. The van der Waals surface area contributed by atoms with Crippen molar-refractivity contribution in [2.24, 2.45) is 0 Å². The van der Waals surface area contributed by atoms with E-state index in [2.05, 4.69) is 0 Å². The average Bonchev–Trinajstić information content (AvgIpc) is 1.79. The number of ether oxygens (including phenoxy) is 1. The van der Waals surface area contributed by atoms with Crippen molar-refractivity contribution in [2.75, 3.05) is 19.8 Å². The quantitative estimate of drug-likeness (QED) is 0.606. The summed E-state index contributed by atoms with van der Waals surface area (Å²) in [5.41, 5.74) is -0.500. The van der Waals surface area contributed by atoms with Gasteiger partial charge in [-0.2, -0.15) is 0 Å². The Kier molecular flexibility index (Phi) is 9.77. The van der Waals surface area contributed by atoms with Gasteiger partial charge in [0.15, 0.2) is 0 Å². The Morgan fingerprint density at radius 1 is 1.27 bits per heavy atom. The number of rotatable bonds is 3. The van der Waals surface area contributed by atoms with Crippen LogP contribution in [0.3, 0.4) is 0 Å². The van der Waals surface area contributed by atoms with E-state index in [4.69, 9.17) is 14.9 Å². The van der Waals surface area contributed by atoms with Crippen LogP contribution in [0.25, 0.3) is 0 Å². The van der Waals surface area contributed by atoms with Gasteiger partial charge in [-0.3, -0.25) is 0 Å². The molecule has 0 aliphatic carbocycles. The fourth-order valence-electron chi connectivity index (χ4n) is 0.209. The standard InChI is InChI=1S/C4H10O2.C4H10O/c1-2-6-4-3-5;1-4(2,3)5/h5H,2-4H2,1H3;5H,1-3H3. The molecule has 70 valence electrons. The molecule has 0 fully saturated rings. The Morgan fingerprint density at radius 2 is 1.64 bits per heavy atom. The van der Waals surface area contributed by atoms with E-state index < -0.39 is 5.60 Å². The van der Waals surface area contributed by atoms with Crippen molar-refractivity contribution in [1.29, 1.82) is 0 Å². The Bertz CT molecular complexity index is 56.2. The lowest BCUT2D eigenvalue weighted by molar-refractivity contribution is 0.102. The van der Waals surface area contributed by atoms with E-state index in [9.17, 15) is 0 Å². The van der Waals surface area contributed by atoms with E-state index in [1.807, 2.05) is 6.92 Å². The second-order valence-electron chi connectivity index (χ2n) is 3.09. The lowest BCUT2D eigenvalue weighted by Gasteiger charge is -2.04. The molecule has 0 unspecified atom stereocenters. The molecule has 0 bridgehead atoms. The van der Waals surface area contributed by atoms with Crippen LogP contribution in [0.5, 0.6) is 0 Å². The van der Waals surface area contributed by atoms with Crippen LogP contribution in [-0.4, -0.2) is 35.6 Å². The predicted molar refractivity (Wildman–Crippen MR) is 45.6 cm³/mol. The van der Waals surface area contributed by atoms with Gasteiger partial charge in [0.05, 0.1) is 18.8 Å². The molecule has 0 aliphatic rings. The van der Waals surface area contributed by atoms with Crippen molar-refractivity contribution < 1.29 is 14.9 Å². The fourth-order valence-corrected chi connectivity index (χ4v) is 0.209. The van der Waals surface area contributed by atoms with Crippen LogP contribution in [0.15, 0.2) is 0 Å². The van der Waals surface area contributed by atoms with Gasteiger partial charge in [0.2, 0.25) is 0 Å². The number of hydrogen-bond acceptors (Lipinski definition) is 3. The van der Waals surface area contributed by atoms with Crippen LogP contribution < -0.4 is 0 Å². The van der Waals surface area contributed by atoms with E-state index in [0.29, 0.717) is 13.2 Å². The third-order valence-corrected chi connectivity index (χ3v) is 0.440. The molecule has 0 heterocycles. The molecule has 3 nitrogen and oxygen atoms in total. The monoisotopic (exact) mass is 164 g/mol. The summed E-state index contributed by atoms with van der Waals surface area (Å²) >= 11 is 0. The molecule has 0 aromatic rings. The minimum atomic E-state index is -0.500. The Morgan fingerprint density at radius 3 is 1.73 bits per heavy atom. The number of hydrogen-bond donors (Lipinski definition) is 2. The summed E-state index contributed by atoms with van der Waals surface area (Å²) < 4.78 is 4.73. The third-order valence-electron chi connectivity index (χ3n) is 0.440. The van der Waals surface area contributed by atoms with Crippen molar-refractivity contribution in [1.82, 2.24) is 0 Å². The van der Waals surface area contributed by atoms with Crippen LogP contribution in [0, 0.1) is 0 Å². The predicted octanol–water partition coefficient (Wildman–Crippen LogP) is 0.792. The van der Waals surface area contributed by atoms with Gasteiger partial charge in [-0.1, -0.05) is 0 Å². The van der Waals surface area contributed by atoms with Crippen LogP contribution in [0.4, 0.5) is 0 Å². The largest absolute Gasteiger partial charge is 0.394 e. The highest BCUT2D eigenvalue weighted by Crippen LogP contribution is 1.93. The third kappa shape index (κ3) is 74.0. The molecule has 0 saturated carbocycles. The first kappa shape index (κ1) is 13.5. The molecule has 0 aliphatic heterocycles. The Hall–Kier alpha value is -0.120. The lowest BCUT2D eigenvalue weighted by atomic mass is 10.2. The molecular weight excluding hydrogens is 144 g/mol. The average molecular weight is 164 g/mol. The summed E-state index contributed by atoms with van der Waals surface area (Å²) in [6.45, 7) is 8.42. The summed E-state index contributed by atoms with van der Waals surface area (Å²) in [7, 11) is 0. The highest BCUT2D eigenvalue weighted by Gasteiger charge is 1.97. The first-order chi connectivity index (χ1) is 4.91. The Labute approximate surface area is 69.0 Å². The van der Waals surface area contributed by atoms with Gasteiger partial charge in [0.25, 0.3) is 0 Å². The molecule has 0 radical (unpaired) electrons.